The summed E-state index contributed by atoms with van der Waals surface area (Å²) in [5.74, 6) is 0.0965. The number of nitro benzene ring substituents is 1. The van der Waals surface area contributed by atoms with Crippen molar-refractivity contribution in [3.63, 3.8) is 0 Å². The van der Waals surface area contributed by atoms with Crippen LogP contribution in [0.25, 0.3) is 11.3 Å². The smallest absolute Gasteiger partial charge is 0.280 e. The summed E-state index contributed by atoms with van der Waals surface area (Å²) in [6.45, 7) is 0. The van der Waals surface area contributed by atoms with Crippen LogP contribution in [0.2, 0.25) is 5.02 Å². The number of hydrogen-bond donors (Lipinski definition) is 1. The molecule has 6 nitrogen and oxygen atoms in total. The van der Waals surface area contributed by atoms with Crippen LogP contribution in [0.4, 0.5) is 11.6 Å². The maximum absolute atomic E-state index is 10.8. The highest BCUT2D eigenvalue weighted by atomic mass is 35.5. The van der Waals surface area contributed by atoms with Crippen LogP contribution in [0.15, 0.2) is 28.8 Å². The zero-order valence-electron chi connectivity index (χ0n) is 7.88. The molecule has 0 radical (unpaired) electrons. The van der Waals surface area contributed by atoms with Gasteiger partial charge in [0, 0.05) is 17.2 Å². The van der Waals surface area contributed by atoms with Gasteiger partial charge in [-0.25, -0.2) is 0 Å². The van der Waals surface area contributed by atoms with Gasteiger partial charge in [-0.15, -0.1) is 0 Å². The first-order chi connectivity index (χ1) is 7.58. The fourth-order valence-electron chi connectivity index (χ4n) is 1.29. The van der Waals surface area contributed by atoms with Crippen molar-refractivity contribution in [2.45, 2.75) is 0 Å². The summed E-state index contributed by atoms with van der Waals surface area (Å²) in [5, 5.41) is 14.7. The van der Waals surface area contributed by atoms with Gasteiger partial charge in [-0.3, -0.25) is 10.1 Å². The summed E-state index contributed by atoms with van der Waals surface area (Å²) in [6, 6.07) is 5.70. The van der Waals surface area contributed by atoms with Crippen molar-refractivity contribution in [1.29, 1.82) is 0 Å². The molecule has 0 fully saturated rings. The van der Waals surface area contributed by atoms with Gasteiger partial charge in [-0.05, 0) is 12.1 Å². The molecule has 7 heteroatoms. The van der Waals surface area contributed by atoms with Crippen molar-refractivity contribution in [3.8, 4) is 11.3 Å². The molecule has 0 bridgehead atoms. The lowest BCUT2D eigenvalue weighted by atomic mass is 10.1. The molecule has 1 heterocycles. The molecule has 0 aliphatic heterocycles. The van der Waals surface area contributed by atoms with Gasteiger partial charge in [0.05, 0.1) is 10.5 Å². The molecule has 1 aromatic carbocycles. The van der Waals surface area contributed by atoms with E-state index < -0.39 is 4.92 Å². The summed E-state index contributed by atoms with van der Waals surface area (Å²) in [6.07, 6.45) is 0. The van der Waals surface area contributed by atoms with Crippen LogP contribution in [0.5, 0.6) is 0 Å². The molecule has 0 aliphatic carbocycles. The number of anilines is 1. The Morgan fingerprint density at radius 2 is 2.19 bits per heavy atom. The molecule has 16 heavy (non-hydrogen) atoms. The Bertz CT molecular complexity index is 553. The van der Waals surface area contributed by atoms with Gasteiger partial charge in [0.2, 0.25) is 5.88 Å². The van der Waals surface area contributed by atoms with Crippen LogP contribution in [-0.2, 0) is 0 Å². The Labute approximate surface area is 94.7 Å². The molecule has 2 N–H and O–H groups in total. The van der Waals surface area contributed by atoms with Crippen molar-refractivity contribution in [2.75, 3.05) is 5.73 Å². The van der Waals surface area contributed by atoms with E-state index >= 15 is 0 Å². The summed E-state index contributed by atoms with van der Waals surface area (Å²) < 4.78 is 4.66. The van der Waals surface area contributed by atoms with E-state index in [9.17, 15) is 10.1 Å². The number of nitrogens with two attached hydrogens (primary N) is 1. The van der Waals surface area contributed by atoms with Gasteiger partial charge < -0.3 is 10.3 Å². The van der Waals surface area contributed by atoms with Crippen LogP contribution in [0.3, 0.4) is 0 Å². The zero-order chi connectivity index (χ0) is 11.7. The fourth-order valence-corrected chi connectivity index (χ4v) is 1.46. The zero-order valence-corrected chi connectivity index (χ0v) is 8.64. The predicted molar refractivity (Wildman–Crippen MR) is 58.0 cm³/mol. The fraction of sp³-hybridized carbons (Fsp3) is 0. The Hall–Kier alpha value is -2.08. The second-order valence-electron chi connectivity index (χ2n) is 3.03. The molecule has 0 spiro atoms. The largest absolute Gasteiger partial charge is 0.368 e. The SMILES string of the molecule is Nc1cc(-c2ccc(Cl)cc2[N+](=O)[O-])no1. The molecule has 0 saturated carbocycles. The molecule has 2 aromatic rings. The van der Waals surface area contributed by atoms with E-state index in [0.29, 0.717) is 11.3 Å². The average molecular weight is 240 g/mol. The highest BCUT2D eigenvalue weighted by Gasteiger charge is 2.18. The van der Waals surface area contributed by atoms with E-state index in [4.69, 9.17) is 17.3 Å². The van der Waals surface area contributed by atoms with Crippen LogP contribution < -0.4 is 5.73 Å². The van der Waals surface area contributed by atoms with Crippen LogP contribution in [0, 0.1) is 10.1 Å². The van der Waals surface area contributed by atoms with Crippen LogP contribution in [0.1, 0.15) is 0 Å². The Kier molecular flexibility index (Phi) is 2.49. The molecule has 0 saturated heterocycles. The van der Waals surface area contributed by atoms with Gasteiger partial charge in [-0.2, -0.15) is 0 Å². The standard InChI is InChI=1S/C9H6ClN3O3/c10-5-1-2-6(8(3-5)13(14)15)7-4-9(11)16-12-7/h1-4H,11H2. The minimum atomic E-state index is -0.536. The lowest BCUT2D eigenvalue weighted by Gasteiger charge is -1.98. The molecule has 0 aliphatic rings. The van der Waals surface area contributed by atoms with E-state index in [1.165, 1.54) is 24.3 Å². The highest BCUT2D eigenvalue weighted by molar-refractivity contribution is 6.30. The van der Waals surface area contributed by atoms with Crippen molar-refractivity contribution < 1.29 is 9.45 Å². The van der Waals surface area contributed by atoms with Crippen LogP contribution >= 0.6 is 11.6 Å². The summed E-state index contributed by atoms with van der Waals surface area (Å²) in [7, 11) is 0. The molecule has 0 unspecified atom stereocenters. The first-order valence-electron chi connectivity index (χ1n) is 4.24. The Morgan fingerprint density at radius 1 is 1.44 bits per heavy atom. The number of halogens is 1. The van der Waals surface area contributed by atoms with E-state index in [1.54, 1.807) is 0 Å². The van der Waals surface area contributed by atoms with Crippen molar-refractivity contribution in [1.82, 2.24) is 5.16 Å². The third kappa shape index (κ3) is 1.82. The number of nitrogen functional groups attached to an aromatic ring is 1. The molecular formula is C9H6ClN3O3. The average Bonchev–Trinajstić information content (AvgIpc) is 2.64. The summed E-state index contributed by atoms with van der Waals surface area (Å²) in [4.78, 5) is 10.3. The van der Waals surface area contributed by atoms with Crippen molar-refractivity contribution in [2.24, 2.45) is 0 Å². The molecule has 0 atom stereocenters. The first-order valence-corrected chi connectivity index (χ1v) is 4.62. The van der Waals surface area contributed by atoms with E-state index in [0.717, 1.165) is 0 Å². The highest BCUT2D eigenvalue weighted by Crippen LogP contribution is 2.32. The quantitative estimate of drug-likeness (QED) is 0.642. The Balaban J connectivity index is 2.60. The molecule has 2 rings (SSSR count). The van der Waals surface area contributed by atoms with Gasteiger partial charge in [0.15, 0.2) is 0 Å². The summed E-state index contributed by atoms with van der Waals surface area (Å²) >= 11 is 5.68. The van der Waals surface area contributed by atoms with E-state index in [-0.39, 0.29) is 16.6 Å². The molecule has 1 aromatic heterocycles. The van der Waals surface area contributed by atoms with Crippen LogP contribution in [-0.4, -0.2) is 10.1 Å². The van der Waals surface area contributed by atoms with E-state index in [1.807, 2.05) is 0 Å². The minimum absolute atomic E-state index is 0.0965. The Morgan fingerprint density at radius 3 is 2.75 bits per heavy atom. The van der Waals surface area contributed by atoms with Crippen molar-refractivity contribution >= 4 is 23.2 Å². The third-order valence-corrected chi connectivity index (χ3v) is 2.20. The lowest BCUT2D eigenvalue weighted by Crippen LogP contribution is -1.92. The number of aromatic nitrogens is 1. The second kappa shape index (κ2) is 3.82. The van der Waals surface area contributed by atoms with Gasteiger partial charge >= 0.3 is 0 Å². The molecular weight excluding hydrogens is 234 g/mol. The first kappa shape index (κ1) is 10.4. The topological polar surface area (TPSA) is 95.2 Å². The van der Waals surface area contributed by atoms with Gasteiger partial charge in [0.1, 0.15) is 5.69 Å². The number of rotatable bonds is 2. The maximum Gasteiger partial charge on any atom is 0.280 e. The third-order valence-electron chi connectivity index (χ3n) is 1.96. The predicted octanol–water partition coefficient (Wildman–Crippen LogP) is 2.49. The normalized spacial score (nSPS) is 10.3. The summed E-state index contributed by atoms with van der Waals surface area (Å²) in [5.41, 5.74) is 5.83. The maximum atomic E-state index is 10.8. The molecule has 0 amide bonds. The number of nitrogens with zero attached hydrogens (tertiary/aromatic N) is 2. The van der Waals surface area contributed by atoms with Crippen molar-refractivity contribution in [3.05, 3.63) is 39.4 Å². The number of hydrogen-bond acceptors (Lipinski definition) is 5. The van der Waals surface area contributed by atoms with Gasteiger partial charge in [-0.1, -0.05) is 16.8 Å². The number of benzene rings is 1. The molecule has 82 valence electrons. The van der Waals surface area contributed by atoms with E-state index in [2.05, 4.69) is 9.68 Å². The lowest BCUT2D eigenvalue weighted by molar-refractivity contribution is -0.384. The monoisotopic (exact) mass is 239 g/mol. The second-order valence-corrected chi connectivity index (χ2v) is 3.47. The number of nitro groups is 1. The van der Waals surface area contributed by atoms with Gasteiger partial charge in [0.25, 0.3) is 5.69 Å². The minimum Gasteiger partial charge on any atom is -0.368 e.